The second kappa shape index (κ2) is 5.00. The van der Waals surface area contributed by atoms with Gasteiger partial charge in [0.05, 0.1) is 6.20 Å². The van der Waals surface area contributed by atoms with E-state index in [0.717, 1.165) is 15.1 Å². The molecule has 1 aliphatic rings. The molecule has 3 rings (SSSR count). The van der Waals surface area contributed by atoms with Crippen LogP contribution in [0.1, 0.15) is 25.7 Å². The van der Waals surface area contributed by atoms with Crippen LogP contribution in [0.4, 0.5) is 0 Å². The molecule has 2 heterocycles. The van der Waals surface area contributed by atoms with Gasteiger partial charge in [-0.2, -0.15) is 0 Å². The molecule has 0 aromatic carbocycles. The van der Waals surface area contributed by atoms with Crippen LogP contribution in [0.5, 0.6) is 0 Å². The van der Waals surface area contributed by atoms with Gasteiger partial charge < -0.3 is 0 Å². The van der Waals surface area contributed by atoms with Crippen LogP contribution in [-0.4, -0.2) is 15.4 Å². The fraction of sp³-hybridized carbons (Fsp3) is 0.417. The van der Waals surface area contributed by atoms with Gasteiger partial charge in [0.1, 0.15) is 10.7 Å². The number of nitrogens with one attached hydrogen (secondary N) is 1. The van der Waals surface area contributed by atoms with Crippen molar-refractivity contribution in [3.8, 4) is 0 Å². The van der Waals surface area contributed by atoms with Crippen molar-refractivity contribution in [1.82, 2.24) is 14.1 Å². The summed E-state index contributed by atoms with van der Waals surface area (Å²) < 4.78 is 6.72. The summed E-state index contributed by atoms with van der Waals surface area (Å²) in [5, 5.41) is 1.15. The Morgan fingerprint density at radius 2 is 2.18 bits per heavy atom. The molecule has 5 heteroatoms. The topological polar surface area (TPSA) is 29.3 Å². The van der Waals surface area contributed by atoms with Crippen LogP contribution in [0.25, 0.3) is 5.65 Å². The maximum Gasteiger partial charge on any atom is 0.137 e. The van der Waals surface area contributed by atoms with E-state index in [1.807, 2.05) is 18.3 Å². The fourth-order valence-corrected chi connectivity index (χ4v) is 3.41. The maximum atomic E-state index is 4.39. The Labute approximate surface area is 113 Å². The summed E-state index contributed by atoms with van der Waals surface area (Å²) in [6, 6.07) is 4.70. The van der Waals surface area contributed by atoms with Crippen molar-refractivity contribution >= 4 is 33.5 Å². The van der Waals surface area contributed by atoms with Gasteiger partial charge in [-0.15, -0.1) is 0 Å². The lowest BCUT2D eigenvalue weighted by Crippen LogP contribution is -2.18. The monoisotopic (exact) mass is 311 g/mol. The predicted molar refractivity (Wildman–Crippen MR) is 74.1 cm³/mol. The van der Waals surface area contributed by atoms with Crippen LogP contribution in [-0.2, 0) is 0 Å². The van der Waals surface area contributed by atoms with E-state index in [0.29, 0.717) is 6.04 Å². The zero-order valence-corrected chi connectivity index (χ0v) is 11.8. The second-order valence-corrected chi connectivity index (χ2v) is 6.15. The van der Waals surface area contributed by atoms with E-state index in [2.05, 4.69) is 36.2 Å². The highest BCUT2D eigenvalue weighted by Gasteiger charge is 2.15. The first-order chi connectivity index (χ1) is 8.33. The molecule has 2 aromatic heterocycles. The van der Waals surface area contributed by atoms with Crippen LogP contribution in [0, 0.1) is 0 Å². The van der Waals surface area contributed by atoms with Crippen molar-refractivity contribution in [2.45, 2.75) is 36.8 Å². The van der Waals surface area contributed by atoms with Crippen molar-refractivity contribution < 1.29 is 0 Å². The summed E-state index contributed by atoms with van der Waals surface area (Å²) in [7, 11) is 0. The van der Waals surface area contributed by atoms with Gasteiger partial charge in [-0.3, -0.25) is 9.12 Å². The first-order valence-electron chi connectivity index (χ1n) is 5.88. The molecule has 0 bridgehead atoms. The lowest BCUT2D eigenvalue weighted by Gasteiger charge is -2.10. The second-order valence-electron chi connectivity index (χ2n) is 4.37. The normalized spacial score (nSPS) is 17.0. The molecule has 17 heavy (non-hydrogen) atoms. The largest absolute Gasteiger partial charge is 0.293 e. The highest BCUT2D eigenvalue weighted by atomic mass is 79.9. The Hall–Kier alpha value is -0.520. The molecule has 0 unspecified atom stereocenters. The molecular formula is C12H14BrN3S. The molecule has 0 aliphatic heterocycles. The highest BCUT2D eigenvalue weighted by molar-refractivity contribution is 9.10. The number of fused-ring (bicyclic) bond motifs is 1. The predicted octanol–water partition coefficient (Wildman–Crippen LogP) is 3.64. The number of imidazole rings is 1. The molecular weight excluding hydrogens is 298 g/mol. The Balaban J connectivity index is 1.77. The average molecular weight is 312 g/mol. The number of halogens is 1. The Bertz CT molecular complexity index is 519. The number of pyridine rings is 1. The molecule has 0 radical (unpaired) electrons. The quantitative estimate of drug-likeness (QED) is 0.878. The minimum atomic E-state index is 0.665. The van der Waals surface area contributed by atoms with Crippen LogP contribution in [0.3, 0.4) is 0 Å². The summed E-state index contributed by atoms with van der Waals surface area (Å²) in [5.74, 6) is 0. The Morgan fingerprint density at radius 1 is 1.35 bits per heavy atom. The van der Waals surface area contributed by atoms with Gasteiger partial charge in [0.2, 0.25) is 0 Å². The Kier molecular flexibility index (Phi) is 3.40. The van der Waals surface area contributed by atoms with E-state index in [1.54, 1.807) is 11.9 Å². The third-order valence-corrected chi connectivity index (χ3v) is 4.55. The number of hydrogen-bond donors (Lipinski definition) is 1. The average Bonchev–Trinajstić information content (AvgIpc) is 2.94. The minimum Gasteiger partial charge on any atom is -0.293 e. The van der Waals surface area contributed by atoms with Crippen molar-refractivity contribution in [3.05, 3.63) is 29.0 Å². The molecule has 0 atom stereocenters. The number of aromatic nitrogens is 2. The molecule has 2 aromatic rings. The van der Waals surface area contributed by atoms with Gasteiger partial charge in [0, 0.05) is 16.7 Å². The summed E-state index contributed by atoms with van der Waals surface area (Å²) in [5.41, 5.74) is 0.990. The van der Waals surface area contributed by atoms with Crippen LogP contribution in [0.2, 0.25) is 0 Å². The van der Waals surface area contributed by atoms with E-state index in [4.69, 9.17) is 0 Å². The van der Waals surface area contributed by atoms with Crippen molar-refractivity contribution in [2.75, 3.05) is 0 Å². The lowest BCUT2D eigenvalue weighted by atomic mass is 10.3. The fourth-order valence-electron chi connectivity index (χ4n) is 2.20. The number of rotatable bonds is 3. The van der Waals surface area contributed by atoms with Gasteiger partial charge in [0.15, 0.2) is 0 Å². The maximum absolute atomic E-state index is 4.39. The van der Waals surface area contributed by atoms with Gasteiger partial charge in [-0.25, -0.2) is 4.98 Å². The first kappa shape index (κ1) is 11.6. The number of hydrogen-bond acceptors (Lipinski definition) is 3. The van der Waals surface area contributed by atoms with Crippen LogP contribution >= 0.6 is 27.9 Å². The zero-order chi connectivity index (χ0) is 11.7. The summed E-state index contributed by atoms with van der Waals surface area (Å²) in [6.45, 7) is 0. The van der Waals surface area contributed by atoms with Crippen LogP contribution in [0.15, 0.2) is 34.0 Å². The molecule has 90 valence electrons. The van der Waals surface area contributed by atoms with Crippen molar-refractivity contribution in [1.29, 1.82) is 0 Å². The number of nitrogens with zero attached hydrogens (tertiary/aromatic N) is 2. The summed E-state index contributed by atoms with van der Waals surface area (Å²) in [4.78, 5) is 4.39. The molecule has 0 spiro atoms. The third-order valence-electron chi connectivity index (χ3n) is 3.12. The standard InChI is InChI=1S/C12H14BrN3S/c13-9-5-6-11-14-7-12(16(11)8-9)17-15-10-3-1-2-4-10/h5-8,10,15H,1-4H2. The molecule has 3 nitrogen and oxygen atoms in total. The van der Waals surface area contributed by atoms with E-state index < -0.39 is 0 Å². The van der Waals surface area contributed by atoms with Gasteiger partial charge in [-0.1, -0.05) is 12.8 Å². The van der Waals surface area contributed by atoms with Crippen molar-refractivity contribution in [3.63, 3.8) is 0 Å². The zero-order valence-electron chi connectivity index (χ0n) is 9.40. The highest BCUT2D eigenvalue weighted by Crippen LogP contribution is 2.24. The van der Waals surface area contributed by atoms with Crippen LogP contribution < -0.4 is 4.72 Å². The third kappa shape index (κ3) is 2.51. The molecule has 1 aliphatic carbocycles. The smallest absolute Gasteiger partial charge is 0.137 e. The molecule has 1 saturated carbocycles. The van der Waals surface area contributed by atoms with E-state index in [1.165, 1.54) is 25.7 Å². The Morgan fingerprint density at radius 3 is 3.00 bits per heavy atom. The lowest BCUT2D eigenvalue weighted by molar-refractivity contribution is 0.656. The van der Waals surface area contributed by atoms with Gasteiger partial charge in [-0.05, 0) is 52.9 Å². The van der Waals surface area contributed by atoms with Crippen molar-refractivity contribution in [2.24, 2.45) is 0 Å². The van der Waals surface area contributed by atoms with E-state index >= 15 is 0 Å². The molecule has 0 saturated heterocycles. The SMILES string of the molecule is Brc1ccc2ncc(SNC3CCCC3)n2c1. The minimum absolute atomic E-state index is 0.665. The van der Waals surface area contributed by atoms with Gasteiger partial charge in [0.25, 0.3) is 0 Å². The first-order valence-corrected chi connectivity index (χ1v) is 7.49. The summed E-state index contributed by atoms with van der Waals surface area (Å²) in [6.07, 6.45) is 9.30. The molecule has 0 amide bonds. The molecule has 1 fully saturated rings. The van der Waals surface area contributed by atoms with E-state index in [9.17, 15) is 0 Å². The molecule has 1 N–H and O–H groups in total. The summed E-state index contributed by atoms with van der Waals surface area (Å²) >= 11 is 5.18. The van der Waals surface area contributed by atoms with E-state index in [-0.39, 0.29) is 0 Å². The van der Waals surface area contributed by atoms with Gasteiger partial charge >= 0.3 is 0 Å².